The first-order valence-corrected chi connectivity index (χ1v) is 4.77. The van der Waals surface area contributed by atoms with E-state index in [-0.39, 0.29) is 11.3 Å². The van der Waals surface area contributed by atoms with Gasteiger partial charge >= 0.3 is 0 Å². The number of benzene rings is 1. The number of hydrogen-bond donors (Lipinski definition) is 2. The van der Waals surface area contributed by atoms with E-state index in [9.17, 15) is 9.18 Å². The van der Waals surface area contributed by atoms with E-state index in [0.717, 1.165) is 12.1 Å². The maximum absolute atomic E-state index is 13.0. The average molecular weight is 232 g/mol. The Kier molecular flexibility index (Phi) is 2.95. The van der Waals surface area contributed by atoms with E-state index >= 15 is 0 Å². The Morgan fingerprint density at radius 3 is 2.59 bits per heavy atom. The fraction of sp³-hybridized carbons (Fsp3) is 0. The van der Waals surface area contributed by atoms with E-state index in [0.29, 0.717) is 5.69 Å². The Hall–Kier alpha value is -2.50. The molecule has 0 unspecified atom stereocenters. The second-order valence-electron chi connectivity index (χ2n) is 3.35. The highest BCUT2D eigenvalue weighted by molar-refractivity contribution is 6.04. The molecule has 0 aliphatic carbocycles. The summed E-state index contributed by atoms with van der Waals surface area (Å²) in [7, 11) is 0. The molecule has 0 spiro atoms. The lowest BCUT2D eigenvalue weighted by Gasteiger charge is -2.05. The largest absolute Gasteiger partial charge is 0.399 e. The third-order valence-corrected chi connectivity index (χ3v) is 2.00. The highest BCUT2D eigenvalue weighted by Crippen LogP contribution is 2.12. The van der Waals surface area contributed by atoms with Gasteiger partial charge in [0.15, 0.2) is 0 Å². The van der Waals surface area contributed by atoms with Crippen LogP contribution in [0.5, 0.6) is 0 Å². The second-order valence-corrected chi connectivity index (χ2v) is 3.35. The molecule has 0 aliphatic heterocycles. The number of halogens is 1. The Morgan fingerprint density at radius 2 is 1.94 bits per heavy atom. The van der Waals surface area contributed by atoms with Crippen molar-refractivity contribution < 1.29 is 9.18 Å². The molecule has 2 rings (SSSR count). The van der Waals surface area contributed by atoms with Gasteiger partial charge in [0, 0.05) is 11.3 Å². The lowest BCUT2D eigenvalue weighted by atomic mass is 10.2. The summed E-state index contributed by atoms with van der Waals surface area (Å²) < 4.78 is 13.0. The molecular weight excluding hydrogens is 223 g/mol. The monoisotopic (exact) mass is 232 g/mol. The molecule has 2 aromatic rings. The van der Waals surface area contributed by atoms with E-state index in [1.807, 2.05) is 0 Å². The van der Waals surface area contributed by atoms with Gasteiger partial charge in [0.05, 0.1) is 18.1 Å². The summed E-state index contributed by atoms with van der Waals surface area (Å²) in [5.41, 5.74) is 6.22. The van der Waals surface area contributed by atoms with Crippen molar-refractivity contribution in [3.8, 4) is 0 Å². The third-order valence-electron chi connectivity index (χ3n) is 2.00. The van der Waals surface area contributed by atoms with Crippen molar-refractivity contribution in [3.63, 3.8) is 0 Å². The van der Waals surface area contributed by atoms with Crippen molar-refractivity contribution in [1.82, 2.24) is 9.97 Å². The van der Waals surface area contributed by atoms with Gasteiger partial charge in [-0.15, -0.1) is 0 Å². The van der Waals surface area contributed by atoms with Crippen LogP contribution < -0.4 is 11.1 Å². The minimum absolute atomic E-state index is 0.145. The van der Waals surface area contributed by atoms with Crippen LogP contribution in [0.3, 0.4) is 0 Å². The van der Waals surface area contributed by atoms with Gasteiger partial charge in [-0.3, -0.25) is 4.79 Å². The summed E-state index contributed by atoms with van der Waals surface area (Å²) in [5.74, 6) is -1.02. The SMILES string of the molecule is Nc1cc(F)cc(C(=O)Nc2cncnc2)c1. The number of nitrogens with one attached hydrogen (secondary N) is 1. The van der Waals surface area contributed by atoms with Gasteiger partial charge < -0.3 is 11.1 Å². The van der Waals surface area contributed by atoms with Crippen LogP contribution in [-0.2, 0) is 0 Å². The van der Waals surface area contributed by atoms with Crippen LogP contribution in [0.2, 0.25) is 0 Å². The predicted molar refractivity (Wildman–Crippen MR) is 60.8 cm³/mol. The number of nitrogens with two attached hydrogens (primary N) is 1. The molecule has 86 valence electrons. The quantitative estimate of drug-likeness (QED) is 0.768. The van der Waals surface area contributed by atoms with Gasteiger partial charge in [0.2, 0.25) is 0 Å². The third kappa shape index (κ3) is 2.75. The molecule has 0 saturated heterocycles. The molecule has 5 nitrogen and oxygen atoms in total. The van der Waals surface area contributed by atoms with Crippen LogP contribution in [0.15, 0.2) is 36.9 Å². The maximum atomic E-state index is 13.0. The Bertz CT molecular complexity index is 524. The average Bonchev–Trinajstić information content (AvgIpc) is 2.29. The van der Waals surface area contributed by atoms with Gasteiger partial charge in [-0.25, -0.2) is 14.4 Å². The van der Waals surface area contributed by atoms with E-state index in [1.165, 1.54) is 24.8 Å². The summed E-state index contributed by atoms with van der Waals surface area (Å²) in [5, 5.41) is 2.53. The number of nitrogen functional groups attached to an aromatic ring is 1. The molecule has 0 aliphatic rings. The van der Waals surface area contributed by atoms with Crippen molar-refractivity contribution in [3.05, 3.63) is 48.3 Å². The molecule has 0 bridgehead atoms. The fourth-order valence-electron chi connectivity index (χ4n) is 1.31. The standard InChI is InChI=1S/C11H9FN4O/c12-8-1-7(2-9(13)3-8)11(17)16-10-4-14-6-15-5-10/h1-6H,13H2,(H,16,17). The van der Waals surface area contributed by atoms with Crippen LogP contribution in [0.25, 0.3) is 0 Å². The van der Waals surface area contributed by atoms with Crippen molar-refractivity contribution in [2.24, 2.45) is 0 Å². The summed E-state index contributed by atoms with van der Waals surface area (Å²) in [6.45, 7) is 0. The number of amides is 1. The molecule has 0 saturated carbocycles. The van der Waals surface area contributed by atoms with Crippen molar-refractivity contribution in [2.75, 3.05) is 11.1 Å². The highest BCUT2D eigenvalue weighted by atomic mass is 19.1. The van der Waals surface area contributed by atoms with E-state index in [2.05, 4.69) is 15.3 Å². The van der Waals surface area contributed by atoms with Gasteiger partial charge in [-0.1, -0.05) is 0 Å². The molecule has 0 radical (unpaired) electrons. The van der Waals surface area contributed by atoms with Crippen LogP contribution >= 0.6 is 0 Å². The van der Waals surface area contributed by atoms with E-state index in [4.69, 9.17) is 5.73 Å². The minimum Gasteiger partial charge on any atom is -0.399 e. The maximum Gasteiger partial charge on any atom is 0.255 e. The molecule has 0 fully saturated rings. The van der Waals surface area contributed by atoms with Gasteiger partial charge in [-0.05, 0) is 18.2 Å². The molecule has 0 atom stereocenters. The molecule has 1 heterocycles. The first-order chi connectivity index (χ1) is 8.15. The first-order valence-electron chi connectivity index (χ1n) is 4.77. The van der Waals surface area contributed by atoms with Crippen LogP contribution in [-0.4, -0.2) is 15.9 Å². The number of rotatable bonds is 2. The Labute approximate surface area is 96.5 Å². The number of carbonyl (C=O) groups excluding carboxylic acids is 1. The smallest absolute Gasteiger partial charge is 0.255 e. The number of nitrogens with zero attached hydrogens (tertiary/aromatic N) is 2. The van der Waals surface area contributed by atoms with Crippen LogP contribution in [0.4, 0.5) is 15.8 Å². The van der Waals surface area contributed by atoms with Crippen molar-refractivity contribution in [1.29, 1.82) is 0 Å². The zero-order chi connectivity index (χ0) is 12.3. The summed E-state index contributed by atoms with van der Waals surface area (Å²) in [4.78, 5) is 19.2. The number of hydrogen-bond acceptors (Lipinski definition) is 4. The molecule has 1 amide bonds. The second kappa shape index (κ2) is 4.56. The summed E-state index contributed by atoms with van der Waals surface area (Å²) >= 11 is 0. The van der Waals surface area contributed by atoms with Crippen LogP contribution in [0, 0.1) is 5.82 Å². The fourth-order valence-corrected chi connectivity index (χ4v) is 1.31. The summed E-state index contributed by atoms with van der Waals surface area (Å²) in [6, 6.07) is 3.64. The number of aromatic nitrogens is 2. The zero-order valence-corrected chi connectivity index (χ0v) is 8.72. The molecule has 1 aromatic carbocycles. The first kappa shape index (κ1) is 11.0. The summed E-state index contributed by atoms with van der Waals surface area (Å²) in [6.07, 6.45) is 4.22. The van der Waals surface area contributed by atoms with Crippen molar-refractivity contribution >= 4 is 17.3 Å². The van der Waals surface area contributed by atoms with Gasteiger partial charge in [0.1, 0.15) is 12.1 Å². The Balaban J connectivity index is 2.20. The number of anilines is 2. The van der Waals surface area contributed by atoms with Crippen molar-refractivity contribution in [2.45, 2.75) is 0 Å². The lowest BCUT2D eigenvalue weighted by molar-refractivity contribution is 0.102. The van der Waals surface area contributed by atoms with E-state index < -0.39 is 11.7 Å². The predicted octanol–water partition coefficient (Wildman–Crippen LogP) is 1.45. The van der Waals surface area contributed by atoms with Gasteiger partial charge in [-0.2, -0.15) is 0 Å². The topological polar surface area (TPSA) is 80.9 Å². The molecule has 3 N–H and O–H groups in total. The van der Waals surface area contributed by atoms with E-state index in [1.54, 1.807) is 0 Å². The normalized spacial score (nSPS) is 9.94. The van der Waals surface area contributed by atoms with Gasteiger partial charge in [0.25, 0.3) is 5.91 Å². The molecule has 1 aromatic heterocycles. The molecule has 6 heteroatoms. The molecule has 17 heavy (non-hydrogen) atoms. The zero-order valence-electron chi connectivity index (χ0n) is 8.72. The van der Waals surface area contributed by atoms with Crippen LogP contribution in [0.1, 0.15) is 10.4 Å². The molecular formula is C11H9FN4O. The lowest BCUT2D eigenvalue weighted by Crippen LogP contribution is -2.12. The Morgan fingerprint density at radius 1 is 1.24 bits per heavy atom. The number of carbonyl (C=O) groups is 1. The minimum atomic E-state index is -0.556. The highest BCUT2D eigenvalue weighted by Gasteiger charge is 2.08.